The van der Waals surface area contributed by atoms with Gasteiger partial charge in [-0.25, -0.2) is 0 Å². The van der Waals surface area contributed by atoms with E-state index in [4.69, 9.17) is 5.11 Å². The summed E-state index contributed by atoms with van der Waals surface area (Å²) in [7, 11) is 0. The minimum absolute atomic E-state index is 0.229. The number of carboxylic acid groups (broad SMARTS) is 1. The summed E-state index contributed by atoms with van der Waals surface area (Å²) in [5.74, 6) is -2.64. The van der Waals surface area contributed by atoms with Gasteiger partial charge >= 0.3 is 5.97 Å². The van der Waals surface area contributed by atoms with Crippen LogP contribution in [0.1, 0.15) is 20.8 Å². The zero-order chi connectivity index (χ0) is 13.7. The van der Waals surface area contributed by atoms with Crippen molar-refractivity contribution in [1.29, 1.82) is 0 Å². The van der Waals surface area contributed by atoms with Crippen molar-refractivity contribution in [2.75, 3.05) is 11.4 Å². The second kappa shape index (κ2) is 6.19. The van der Waals surface area contributed by atoms with Gasteiger partial charge in [-0.2, -0.15) is 0 Å². The smallest absolute Gasteiger partial charge is 0.316 e. The minimum Gasteiger partial charge on any atom is -0.481 e. The summed E-state index contributed by atoms with van der Waals surface area (Å²) in [6, 6.07) is 9.13. The first-order chi connectivity index (χ1) is 8.49. The third-order valence-corrected chi connectivity index (χ3v) is 2.85. The number of hydrogen-bond donors (Lipinski definition) is 1. The van der Waals surface area contributed by atoms with E-state index >= 15 is 0 Å². The maximum atomic E-state index is 12.3. The number of amides is 1. The van der Waals surface area contributed by atoms with E-state index in [0.29, 0.717) is 6.54 Å². The van der Waals surface area contributed by atoms with Gasteiger partial charge in [-0.15, -0.1) is 0 Å². The number of carbonyl (C=O) groups is 2. The maximum Gasteiger partial charge on any atom is 0.316 e. The lowest BCUT2D eigenvalue weighted by molar-refractivity contribution is -0.148. The van der Waals surface area contributed by atoms with Crippen molar-refractivity contribution in [1.82, 2.24) is 0 Å². The molecule has 1 N–H and O–H groups in total. The van der Waals surface area contributed by atoms with Gasteiger partial charge in [0.2, 0.25) is 5.91 Å². The van der Waals surface area contributed by atoms with Crippen LogP contribution in [-0.2, 0) is 9.59 Å². The van der Waals surface area contributed by atoms with Crippen LogP contribution in [0.25, 0.3) is 0 Å². The van der Waals surface area contributed by atoms with Gasteiger partial charge in [-0.05, 0) is 25.0 Å². The van der Waals surface area contributed by atoms with Crippen LogP contribution in [0.15, 0.2) is 30.3 Å². The lowest BCUT2D eigenvalue weighted by Crippen LogP contribution is -2.41. The summed E-state index contributed by atoms with van der Waals surface area (Å²) in [6.45, 7) is 5.79. The summed E-state index contributed by atoms with van der Waals surface area (Å²) >= 11 is 0. The highest BCUT2D eigenvalue weighted by Gasteiger charge is 2.33. The Morgan fingerprint density at radius 2 is 1.78 bits per heavy atom. The number of carbonyl (C=O) groups excluding carboxylic acids is 1. The molecule has 1 aromatic rings. The number of benzene rings is 1. The fourth-order valence-electron chi connectivity index (χ4n) is 1.92. The standard InChI is InChI=1S/C14H19NO3/c1-4-15(11-8-6-5-7-9-11)13(16)12(10(2)3)14(17)18/h5-10,12H,4H2,1-3H3,(H,17,18). The lowest BCUT2D eigenvalue weighted by atomic mass is 9.94. The molecule has 1 unspecified atom stereocenters. The molecule has 0 spiro atoms. The molecule has 0 heterocycles. The molecule has 0 aliphatic heterocycles. The van der Waals surface area contributed by atoms with E-state index in [-0.39, 0.29) is 11.8 Å². The van der Waals surface area contributed by atoms with E-state index in [9.17, 15) is 9.59 Å². The average molecular weight is 249 g/mol. The Morgan fingerprint density at radius 3 is 2.17 bits per heavy atom. The summed E-state index contributed by atoms with van der Waals surface area (Å²) in [5.41, 5.74) is 0.733. The third-order valence-electron chi connectivity index (χ3n) is 2.85. The minimum atomic E-state index is -1.07. The van der Waals surface area contributed by atoms with Gasteiger partial charge in [0, 0.05) is 12.2 Å². The molecule has 1 aromatic carbocycles. The summed E-state index contributed by atoms with van der Waals surface area (Å²) < 4.78 is 0. The van der Waals surface area contributed by atoms with Gasteiger partial charge in [0.1, 0.15) is 5.92 Å². The predicted octanol–water partition coefficient (Wildman–Crippen LogP) is 2.40. The molecular weight excluding hydrogens is 230 g/mol. The van der Waals surface area contributed by atoms with Crippen LogP contribution in [0.4, 0.5) is 5.69 Å². The number of para-hydroxylation sites is 1. The molecule has 0 saturated carbocycles. The largest absolute Gasteiger partial charge is 0.481 e. The molecule has 1 atom stereocenters. The molecule has 1 amide bonds. The average Bonchev–Trinajstić information content (AvgIpc) is 2.30. The Morgan fingerprint density at radius 1 is 1.22 bits per heavy atom. The Kier molecular flexibility index (Phi) is 4.89. The quantitative estimate of drug-likeness (QED) is 0.815. The highest BCUT2D eigenvalue weighted by molar-refractivity contribution is 6.05. The third kappa shape index (κ3) is 3.09. The van der Waals surface area contributed by atoms with Gasteiger partial charge in [0.25, 0.3) is 0 Å². The van der Waals surface area contributed by atoms with E-state index in [1.54, 1.807) is 26.0 Å². The van der Waals surface area contributed by atoms with Crippen molar-refractivity contribution in [2.45, 2.75) is 20.8 Å². The van der Waals surface area contributed by atoms with Crippen molar-refractivity contribution in [3.63, 3.8) is 0 Å². The first kappa shape index (κ1) is 14.2. The second-order valence-corrected chi connectivity index (χ2v) is 4.48. The fourth-order valence-corrected chi connectivity index (χ4v) is 1.92. The molecule has 1 rings (SSSR count). The molecule has 98 valence electrons. The van der Waals surface area contributed by atoms with Gasteiger partial charge in [-0.3, -0.25) is 9.59 Å². The molecule has 0 bridgehead atoms. The van der Waals surface area contributed by atoms with Crippen molar-refractivity contribution >= 4 is 17.6 Å². The Bertz CT molecular complexity index is 414. The molecule has 0 radical (unpaired) electrons. The van der Waals surface area contributed by atoms with Gasteiger partial charge in [-0.1, -0.05) is 32.0 Å². The molecule has 0 aliphatic rings. The summed E-state index contributed by atoms with van der Waals surface area (Å²) in [6.07, 6.45) is 0. The Hall–Kier alpha value is -1.84. The first-order valence-corrected chi connectivity index (χ1v) is 6.08. The van der Waals surface area contributed by atoms with E-state index in [1.165, 1.54) is 4.90 Å². The topological polar surface area (TPSA) is 57.6 Å². The van der Waals surface area contributed by atoms with Crippen LogP contribution in [0.3, 0.4) is 0 Å². The van der Waals surface area contributed by atoms with Crippen LogP contribution >= 0.6 is 0 Å². The highest BCUT2D eigenvalue weighted by atomic mass is 16.4. The van der Waals surface area contributed by atoms with E-state index in [2.05, 4.69) is 0 Å². The SMILES string of the molecule is CCN(C(=O)C(C(=O)O)C(C)C)c1ccccc1. The number of rotatable bonds is 5. The maximum absolute atomic E-state index is 12.3. The molecule has 0 aromatic heterocycles. The van der Waals surface area contributed by atoms with Crippen LogP contribution in [0.5, 0.6) is 0 Å². The van der Waals surface area contributed by atoms with Crippen LogP contribution in [0.2, 0.25) is 0 Å². The summed E-state index contributed by atoms with van der Waals surface area (Å²) in [5, 5.41) is 9.16. The monoisotopic (exact) mass is 249 g/mol. The Balaban J connectivity index is 3.02. The van der Waals surface area contributed by atoms with Crippen LogP contribution in [-0.4, -0.2) is 23.5 Å². The summed E-state index contributed by atoms with van der Waals surface area (Å²) in [4.78, 5) is 25.0. The van der Waals surface area contributed by atoms with E-state index in [0.717, 1.165) is 5.69 Å². The normalized spacial score (nSPS) is 12.2. The number of hydrogen-bond acceptors (Lipinski definition) is 2. The second-order valence-electron chi connectivity index (χ2n) is 4.48. The number of aliphatic carboxylic acids is 1. The van der Waals surface area contributed by atoms with Gasteiger partial charge in [0.15, 0.2) is 0 Å². The fraction of sp³-hybridized carbons (Fsp3) is 0.429. The van der Waals surface area contributed by atoms with Crippen molar-refractivity contribution < 1.29 is 14.7 Å². The van der Waals surface area contributed by atoms with Crippen LogP contribution in [0, 0.1) is 11.8 Å². The van der Waals surface area contributed by atoms with Gasteiger partial charge in [0.05, 0.1) is 0 Å². The zero-order valence-electron chi connectivity index (χ0n) is 11.0. The molecule has 4 nitrogen and oxygen atoms in total. The van der Waals surface area contributed by atoms with E-state index in [1.807, 2.05) is 25.1 Å². The Labute approximate surface area is 107 Å². The molecule has 4 heteroatoms. The lowest BCUT2D eigenvalue weighted by Gasteiger charge is -2.26. The highest BCUT2D eigenvalue weighted by Crippen LogP contribution is 2.20. The van der Waals surface area contributed by atoms with Crippen molar-refractivity contribution in [3.05, 3.63) is 30.3 Å². The molecule has 18 heavy (non-hydrogen) atoms. The number of anilines is 1. The van der Waals surface area contributed by atoms with Gasteiger partial charge < -0.3 is 10.0 Å². The first-order valence-electron chi connectivity index (χ1n) is 6.08. The van der Waals surface area contributed by atoms with Crippen molar-refractivity contribution in [3.8, 4) is 0 Å². The van der Waals surface area contributed by atoms with Crippen molar-refractivity contribution in [2.24, 2.45) is 11.8 Å². The van der Waals surface area contributed by atoms with Crippen LogP contribution < -0.4 is 4.90 Å². The number of nitrogens with zero attached hydrogens (tertiary/aromatic N) is 1. The molecule has 0 fully saturated rings. The molecule has 0 saturated heterocycles. The molecular formula is C14H19NO3. The number of carboxylic acids is 1. The molecule has 0 aliphatic carbocycles. The van der Waals surface area contributed by atoms with E-state index < -0.39 is 11.9 Å². The zero-order valence-corrected chi connectivity index (χ0v) is 11.0. The predicted molar refractivity (Wildman–Crippen MR) is 70.4 cm³/mol.